The number of aromatic nitrogens is 2. The van der Waals surface area contributed by atoms with Crippen LogP contribution >= 0.6 is 0 Å². The minimum absolute atomic E-state index is 0.148. The van der Waals surface area contributed by atoms with E-state index in [9.17, 15) is 0 Å². The fraction of sp³-hybridized carbons (Fsp3) is 0.500. The van der Waals surface area contributed by atoms with Crippen molar-refractivity contribution in [3.05, 3.63) is 18.0 Å². The van der Waals surface area contributed by atoms with Crippen LogP contribution in [-0.4, -0.2) is 42.0 Å². The smallest absolute Gasteiger partial charge is 0.163 e. The molecule has 1 aromatic carbocycles. The van der Waals surface area contributed by atoms with Gasteiger partial charge in [-0.1, -0.05) is 0 Å². The molecule has 1 heterocycles. The van der Waals surface area contributed by atoms with E-state index in [0.29, 0.717) is 37.4 Å². The minimum Gasteiger partial charge on any atom is -0.493 e. The normalized spacial score (nSPS) is 11.0. The Kier molecular flexibility index (Phi) is 4.81. The molecular formula is C14H21N3O3. The van der Waals surface area contributed by atoms with Gasteiger partial charge in [0.15, 0.2) is 11.5 Å². The Morgan fingerprint density at radius 3 is 2.55 bits per heavy atom. The summed E-state index contributed by atoms with van der Waals surface area (Å²) >= 11 is 0. The summed E-state index contributed by atoms with van der Waals surface area (Å²) in [6.45, 7) is 1.39. The fourth-order valence-electron chi connectivity index (χ4n) is 2.30. The van der Waals surface area contributed by atoms with Crippen LogP contribution in [0.5, 0.6) is 11.5 Å². The molecule has 0 saturated heterocycles. The molecule has 0 spiro atoms. The van der Waals surface area contributed by atoms with Gasteiger partial charge in [-0.3, -0.25) is 0 Å². The van der Waals surface area contributed by atoms with E-state index in [1.54, 1.807) is 14.2 Å². The van der Waals surface area contributed by atoms with Crippen LogP contribution < -0.4 is 15.2 Å². The number of nitrogens with zero attached hydrogens (tertiary/aromatic N) is 2. The molecule has 0 atom stereocenters. The molecule has 2 rings (SSSR count). The highest BCUT2D eigenvalue weighted by atomic mass is 16.5. The second-order valence-electron chi connectivity index (χ2n) is 4.49. The molecular weight excluding hydrogens is 258 g/mol. The molecule has 3 N–H and O–H groups in total. The van der Waals surface area contributed by atoms with E-state index in [2.05, 4.69) is 9.55 Å². The number of hydrogen-bond acceptors (Lipinski definition) is 5. The number of aliphatic hydroxyl groups is 1. The van der Waals surface area contributed by atoms with E-state index < -0.39 is 0 Å². The zero-order valence-corrected chi connectivity index (χ0v) is 11.9. The lowest BCUT2D eigenvalue weighted by atomic mass is 10.2. The van der Waals surface area contributed by atoms with Crippen molar-refractivity contribution in [1.29, 1.82) is 0 Å². The summed E-state index contributed by atoms with van der Waals surface area (Å²) in [5, 5.41) is 9.04. The summed E-state index contributed by atoms with van der Waals surface area (Å²) < 4.78 is 12.7. The molecule has 0 unspecified atom stereocenters. The monoisotopic (exact) mass is 279 g/mol. The number of aryl methyl sites for hydroxylation is 1. The highest BCUT2D eigenvalue weighted by Crippen LogP contribution is 2.32. The van der Waals surface area contributed by atoms with E-state index in [0.717, 1.165) is 16.9 Å². The molecule has 110 valence electrons. The van der Waals surface area contributed by atoms with E-state index >= 15 is 0 Å². The van der Waals surface area contributed by atoms with Crippen molar-refractivity contribution in [1.82, 2.24) is 9.55 Å². The van der Waals surface area contributed by atoms with Gasteiger partial charge in [-0.05, 0) is 13.0 Å². The van der Waals surface area contributed by atoms with Gasteiger partial charge in [0.25, 0.3) is 0 Å². The summed E-state index contributed by atoms with van der Waals surface area (Å²) in [6, 6.07) is 3.78. The first kappa shape index (κ1) is 14.6. The Labute approximate surface area is 118 Å². The SMILES string of the molecule is COc1cc2nc(CCN)n(CCCO)c2cc1OC. The summed E-state index contributed by atoms with van der Waals surface area (Å²) in [6.07, 6.45) is 1.38. The maximum atomic E-state index is 9.04. The molecule has 2 aromatic rings. The minimum atomic E-state index is 0.148. The topological polar surface area (TPSA) is 82.5 Å². The largest absolute Gasteiger partial charge is 0.493 e. The van der Waals surface area contributed by atoms with Crippen molar-refractivity contribution in [3.8, 4) is 11.5 Å². The standard InChI is InChI=1S/C14H21N3O3/c1-19-12-8-10-11(9-13(12)20-2)17(6-3-7-18)14(16-10)4-5-15/h8-9,18H,3-7,15H2,1-2H3. The third kappa shape index (κ3) is 2.71. The maximum absolute atomic E-state index is 9.04. The first-order valence-corrected chi connectivity index (χ1v) is 6.67. The lowest BCUT2D eigenvalue weighted by Crippen LogP contribution is -2.11. The molecule has 0 aliphatic carbocycles. The highest BCUT2D eigenvalue weighted by Gasteiger charge is 2.14. The number of ether oxygens (including phenoxy) is 2. The summed E-state index contributed by atoms with van der Waals surface area (Å²) in [5.74, 6) is 2.25. The van der Waals surface area contributed by atoms with Crippen molar-refractivity contribution in [2.24, 2.45) is 5.73 Å². The van der Waals surface area contributed by atoms with Crippen LogP contribution in [0.2, 0.25) is 0 Å². The third-order valence-electron chi connectivity index (χ3n) is 3.24. The van der Waals surface area contributed by atoms with Crippen molar-refractivity contribution >= 4 is 11.0 Å². The highest BCUT2D eigenvalue weighted by molar-refractivity contribution is 5.80. The maximum Gasteiger partial charge on any atom is 0.163 e. The quantitative estimate of drug-likeness (QED) is 0.788. The second kappa shape index (κ2) is 6.58. The van der Waals surface area contributed by atoms with Crippen LogP contribution in [0.25, 0.3) is 11.0 Å². The number of nitrogens with two attached hydrogens (primary N) is 1. The summed E-state index contributed by atoms with van der Waals surface area (Å²) in [4.78, 5) is 4.61. The Bertz CT molecular complexity index is 581. The molecule has 0 saturated carbocycles. The Hall–Kier alpha value is -1.79. The third-order valence-corrected chi connectivity index (χ3v) is 3.24. The molecule has 6 nitrogen and oxygen atoms in total. The van der Waals surface area contributed by atoms with Gasteiger partial charge in [0.1, 0.15) is 5.82 Å². The predicted molar refractivity (Wildman–Crippen MR) is 77.3 cm³/mol. The van der Waals surface area contributed by atoms with Crippen molar-refractivity contribution < 1.29 is 14.6 Å². The van der Waals surface area contributed by atoms with E-state index in [-0.39, 0.29) is 6.61 Å². The lowest BCUT2D eigenvalue weighted by molar-refractivity contribution is 0.280. The average Bonchev–Trinajstić information content (AvgIpc) is 2.80. The molecule has 0 aliphatic rings. The van der Waals surface area contributed by atoms with Gasteiger partial charge in [0.05, 0.1) is 25.3 Å². The van der Waals surface area contributed by atoms with Gasteiger partial charge in [-0.2, -0.15) is 0 Å². The van der Waals surface area contributed by atoms with Gasteiger partial charge < -0.3 is 24.9 Å². The second-order valence-corrected chi connectivity index (χ2v) is 4.49. The molecule has 0 amide bonds. The van der Waals surface area contributed by atoms with E-state index in [4.69, 9.17) is 20.3 Å². The first-order chi connectivity index (χ1) is 9.74. The Balaban J connectivity index is 2.55. The number of methoxy groups -OCH3 is 2. The summed E-state index contributed by atoms with van der Waals surface area (Å²) in [7, 11) is 3.21. The molecule has 0 bridgehead atoms. The number of aliphatic hydroxyl groups excluding tert-OH is 1. The Morgan fingerprint density at radius 1 is 1.25 bits per heavy atom. The van der Waals surface area contributed by atoms with Crippen molar-refractivity contribution in [3.63, 3.8) is 0 Å². The molecule has 0 radical (unpaired) electrons. The van der Waals surface area contributed by atoms with Crippen molar-refractivity contribution in [2.75, 3.05) is 27.4 Å². The number of hydrogen-bond donors (Lipinski definition) is 2. The number of rotatable bonds is 7. The number of imidazole rings is 1. The van der Waals surface area contributed by atoms with E-state index in [1.165, 1.54) is 0 Å². The first-order valence-electron chi connectivity index (χ1n) is 6.67. The van der Waals surface area contributed by atoms with Crippen molar-refractivity contribution in [2.45, 2.75) is 19.4 Å². The fourth-order valence-corrected chi connectivity index (χ4v) is 2.30. The lowest BCUT2D eigenvalue weighted by Gasteiger charge is -2.10. The van der Waals surface area contributed by atoms with Gasteiger partial charge in [-0.25, -0.2) is 4.98 Å². The van der Waals surface area contributed by atoms with Gasteiger partial charge in [0, 0.05) is 31.7 Å². The van der Waals surface area contributed by atoms with Crippen LogP contribution in [0.1, 0.15) is 12.2 Å². The number of benzene rings is 1. The zero-order chi connectivity index (χ0) is 14.5. The summed E-state index contributed by atoms with van der Waals surface area (Å²) in [5.41, 5.74) is 7.46. The number of fused-ring (bicyclic) bond motifs is 1. The van der Waals surface area contributed by atoms with Crippen LogP contribution in [-0.2, 0) is 13.0 Å². The van der Waals surface area contributed by atoms with Crippen LogP contribution in [0.15, 0.2) is 12.1 Å². The van der Waals surface area contributed by atoms with E-state index in [1.807, 2.05) is 12.1 Å². The van der Waals surface area contributed by atoms with Crippen LogP contribution in [0.4, 0.5) is 0 Å². The van der Waals surface area contributed by atoms with Crippen LogP contribution in [0.3, 0.4) is 0 Å². The van der Waals surface area contributed by atoms with Crippen LogP contribution in [0, 0.1) is 0 Å². The molecule has 6 heteroatoms. The molecule has 0 aliphatic heterocycles. The van der Waals surface area contributed by atoms with Gasteiger partial charge in [0.2, 0.25) is 0 Å². The molecule has 1 aromatic heterocycles. The average molecular weight is 279 g/mol. The Morgan fingerprint density at radius 2 is 1.95 bits per heavy atom. The zero-order valence-electron chi connectivity index (χ0n) is 11.9. The molecule has 0 fully saturated rings. The van der Waals surface area contributed by atoms with Gasteiger partial charge >= 0.3 is 0 Å². The van der Waals surface area contributed by atoms with Gasteiger partial charge in [-0.15, -0.1) is 0 Å². The predicted octanol–water partition coefficient (Wildman–Crippen LogP) is 0.937. The molecule has 20 heavy (non-hydrogen) atoms.